The lowest BCUT2D eigenvalue weighted by molar-refractivity contribution is -0.131. The van der Waals surface area contributed by atoms with Gasteiger partial charge in [-0.15, -0.1) is 0 Å². The van der Waals surface area contributed by atoms with Crippen LogP contribution in [0.3, 0.4) is 0 Å². The van der Waals surface area contributed by atoms with Gasteiger partial charge in [0.15, 0.2) is 0 Å². The second-order valence-electron chi connectivity index (χ2n) is 7.72. The minimum Gasteiger partial charge on any atom is -0.342 e. The van der Waals surface area contributed by atoms with Crippen molar-refractivity contribution in [3.8, 4) is 11.1 Å². The van der Waals surface area contributed by atoms with Gasteiger partial charge in [-0.2, -0.15) is 0 Å². The van der Waals surface area contributed by atoms with Crippen LogP contribution in [0, 0.1) is 5.92 Å². The number of hydrogen-bond acceptors (Lipinski definition) is 3. The number of benzene rings is 1. The third-order valence-corrected chi connectivity index (χ3v) is 5.95. The van der Waals surface area contributed by atoms with Crippen LogP contribution >= 0.6 is 0 Å². The minimum absolute atomic E-state index is 0.0430. The Hall–Kier alpha value is -2.95. The van der Waals surface area contributed by atoms with Crippen LogP contribution in [-0.4, -0.2) is 33.4 Å². The molecule has 2 aliphatic heterocycles. The number of carbonyl (C=O) groups is 1. The van der Waals surface area contributed by atoms with Crippen LogP contribution in [0.4, 0.5) is 0 Å². The Morgan fingerprint density at radius 3 is 2.81 bits per heavy atom. The number of carbonyl (C=O) groups excluding carboxylic acids is 1. The zero-order valence-corrected chi connectivity index (χ0v) is 15.3. The van der Waals surface area contributed by atoms with Crippen LogP contribution < -0.4 is 5.56 Å². The van der Waals surface area contributed by atoms with E-state index in [0.717, 1.165) is 40.7 Å². The summed E-state index contributed by atoms with van der Waals surface area (Å²) < 4.78 is 1.92. The average Bonchev–Trinajstić information content (AvgIpc) is 2.68. The normalized spacial score (nSPS) is 21.1. The van der Waals surface area contributed by atoms with Crippen molar-refractivity contribution in [3.05, 3.63) is 64.7 Å². The number of para-hydroxylation sites is 1. The Bertz CT molecular complexity index is 1110. The molecule has 27 heavy (non-hydrogen) atoms. The maximum Gasteiger partial charge on any atom is 0.251 e. The van der Waals surface area contributed by atoms with Crippen molar-refractivity contribution in [1.82, 2.24) is 14.5 Å². The lowest BCUT2D eigenvalue weighted by atomic mass is 9.82. The highest BCUT2D eigenvalue weighted by Crippen LogP contribution is 2.37. The molecule has 5 nitrogen and oxygen atoms in total. The monoisotopic (exact) mass is 359 g/mol. The summed E-state index contributed by atoms with van der Waals surface area (Å²) >= 11 is 0. The number of nitrogens with zero attached hydrogens (tertiary/aromatic N) is 3. The zero-order chi connectivity index (χ0) is 18.5. The lowest BCUT2D eigenvalue weighted by Crippen LogP contribution is -2.48. The van der Waals surface area contributed by atoms with Crippen molar-refractivity contribution in [2.75, 3.05) is 13.1 Å². The molecule has 2 aliphatic rings. The third kappa shape index (κ3) is 2.65. The van der Waals surface area contributed by atoms with Crippen molar-refractivity contribution >= 4 is 16.8 Å². The van der Waals surface area contributed by atoms with Gasteiger partial charge in [0, 0.05) is 61.4 Å². The highest BCUT2D eigenvalue weighted by atomic mass is 16.2. The van der Waals surface area contributed by atoms with E-state index in [4.69, 9.17) is 0 Å². The minimum atomic E-state index is 0.0430. The van der Waals surface area contributed by atoms with Gasteiger partial charge in [0.25, 0.3) is 5.56 Å². The number of aromatic nitrogens is 2. The van der Waals surface area contributed by atoms with E-state index in [1.165, 1.54) is 0 Å². The molecule has 0 spiro atoms. The Kier molecular flexibility index (Phi) is 3.64. The number of piperidine rings is 1. The topological polar surface area (TPSA) is 55.2 Å². The molecule has 1 aromatic carbocycles. The fourth-order valence-electron chi connectivity index (χ4n) is 4.71. The molecule has 0 N–H and O–H groups in total. The van der Waals surface area contributed by atoms with Crippen molar-refractivity contribution < 1.29 is 4.79 Å². The molecule has 2 bridgehead atoms. The molecule has 0 radical (unpaired) electrons. The zero-order valence-electron chi connectivity index (χ0n) is 15.3. The average molecular weight is 359 g/mol. The van der Waals surface area contributed by atoms with Crippen molar-refractivity contribution in [2.24, 2.45) is 5.92 Å². The number of likely N-dealkylation sites (tertiary alicyclic amines) is 1. The van der Waals surface area contributed by atoms with E-state index in [1.807, 2.05) is 39.8 Å². The van der Waals surface area contributed by atoms with Gasteiger partial charge in [0.05, 0.1) is 5.52 Å². The molecule has 136 valence electrons. The molecule has 2 atom stereocenters. The smallest absolute Gasteiger partial charge is 0.251 e. The second-order valence-corrected chi connectivity index (χ2v) is 7.72. The Balaban J connectivity index is 1.66. The number of fused-ring (bicyclic) bond motifs is 5. The van der Waals surface area contributed by atoms with Crippen molar-refractivity contribution in [1.29, 1.82) is 0 Å². The van der Waals surface area contributed by atoms with E-state index in [-0.39, 0.29) is 17.4 Å². The summed E-state index contributed by atoms with van der Waals surface area (Å²) in [7, 11) is 0. The van der Waals surface area contributed by atoms with Crippen molar-refractivity contribution in [2.45, 2.75) is 25.8 Å². The van der Waals surface area contributed by atoms with Gasteiger partial charge in [-0.1, -0.05) is 24.3 Å². The molecule has 5 heteroatoms. The van der Waals surface area contributed by atoms with Crippen LogP contribution in [0.15, 0.2) is 53.5 Å². The number of hydrogen-bond donors (Lipinski definition) is 0. The van der Waals surface area contributed by atoms with E-state index >= 15 is 0 Å². The summed E-state index contributed by atoms with van der Waals surface area (Å²) in [6.45, 7) is 3.78. The summed E-state index contributed by atoms with van der Waals surface area (Å²) in [5, 5.41) is 1.06. The molecule has 0 saturated carbocycles. The number of pyridine rings is 2. The fraction of sp³-hybridized carbons (Fsp3) is 0.318. The highest BCUT2D eigenvalue weighted by molar-refractivity contribution is 5.93. The fourth-order valence-corrected chi connectivity index (χ4v) is 4.71. The van der Waals surface area contributed by atoms with Crippen molar-refractivity contribution in [3.63, 3.8) is 0 Å². The number of amides is 1. The van der Waals surface area contributed by atoms with Gasteiger partial charge in [-0.25, -0.2) is 0 Å². The molecule has 4 heterocycles. The first-order valence-corrected chi connectivity index (χ1v) is 9.44. The molecule has 1 amide bonds. The molecule has 5 rings (SSSR count). The van der Waals surface area contributed by atoms with E-state index < -0.39 is 0 Å². The van der Waals surface area contributed by atoms with Gasteiger partial charge in [-0.05, 0) is 30.0 Å². The maximum atomic E-state index is 12.9. The maximum absolute atomic E-state index is 12.9. The summed E-state index contributed by atoms with van der Waals surface area (Å²) in [5.41, 5.74) is 3.89. The first kappa shape index (κ1) is 16.2. The molecular formula is C22H21N3O2. The third-order valence-electron chi connectivity index (χ3n) is 5.95. The molecular weight excluding hydrogens is 338 g/mol. The first-order chi connectivity index (χ1) is 13.1. The molecule has 1 saturated heterocycles. The summed E-state index contributed by atoms with van der Waals surface area (Å²) in [6, 6.07) is 13.9. The molecule has 0 aliphatic carbocycles. The first-order valence-electron chi connectivity index (χ1n) is 9.44. The van der Waals surface area contributed by atoms with Gasteiger partial charge in [-0.3, -0.25) is 14.6 Å². The molecule has 2 aromatic heterocycles. The Labute approximate surface area is 157 Å². The molecule has 1 fully saturated rings. The highest BCUT2D eigenvalue weighted by Gasteiger charge is 2.35. The van der Waals surface area contributed by atoms with Gasteiger partial charge < -0.3 is 9.47 Å². The summed E-state index contributed by atoms with van der Waals surface area (Å²) in [5.74, 6) is 0.704. The predicted octanol–water partition coefficient (Wildman–Crippen LogP) is 3.03. The van der Waals surface area contributed by atoms with Crippen LogP contribution in [0.5, 0.6) is 0 Å². The van der Waals surface area contributed by atoms with Gasteiger partial charge in [0.2, 0.25) is 5.91 Å². The second kappa shape index (κ2) is 6.05. The predicted molar refractivity (Wildman–Crippen MR) is 105 cm³/mol. The van der Waals surface area contributed by atoms with E-state index in [0.29, 0.717) is 19.0 Å². The summed E-state index contributed by atoms with van der Waals surface area (Å²) in [4.78, 5) is 31.3. The SMILES string of the molecule is CC(=O)N1C[C@@H]2C[C@H](C1)c1cc(-c3cccc4cccnc34)cc(=O)n1C2. The largest absolute Gasteiger partial charge is 0.342 e. The van der Waals surface area contributed by atoms with Crippen LogP contribution in [-0.2, 0) is 11.3 Å². The molecule has 0 unspecified atom stereocenters. The van der Waals surface area contributed by atoms with E-state index in [9.17, 15) is 9.59 Å². The molecule has 3 aromatic rings. The summed E-state index contributed by atoms with van der Waals surface area (Å²) in [6.07, 6.45) is 2.83. The Morgan fingerprint density at radius 2 is 1.96 bits per heavy atom. The van der Waals surface area contributed by atoms with Crippen LogP contribution in [0.25, 0.3) is 22.0 Å². The van der Waals surface area contributed by atoms with E-state index in [2.05, 4.69) is 11.1 Å². The Morgan fingerprint density at radius 1 is 1.11 bits per heavy atom. The van der Waals surface area contributed by atoms with E-state index in [1.54, 1.807) is 19.2 Å². The van der Waals surface area contributed by atoms with Gasteiger partial charge >= 0.3 is 0 Å². The van der Waals surface area contributed by atoms with Crippen LogP contribution in [0.1, 0.15) is 25.0 Å². The quantitative estimate of drug-likeness (QED) is 0.671. The van der Waals surface area contributed by atoms with Crippen LogP contribution in [0.2, 0.25) is 0 Å². The number of rotatable bonds is 1. The lowest BCUT2D eigenvalue weighted by Gasteiger charge is -2.42. The standard InChI is InChI=1S/C22H21N3O2/c1-14(26)24-11-15-8-18(13-24)20-9-17(10-21(27)25(20)12-15)19-6-2-4-16-5-3-7-23-22(16)19/h2-7,9-10,15,18H,8,11-13H2,1H3/t15-,18+/m0/s1. The van der Waals surface area contributed by atoms with Gasteiger partial charge in [0.1, 0.15) is 0 Å².